The summed E-state index contributed by atoms with van der Waals surface area (Å²) in [7, 11) is 0. The SMILES string of the molecule is Cc1cccccc(N)ccc1. The Morgan fingerprint density at radius 3 is 2.25 bits per heavy atom. The van der Waals surface area contributed by atoms with Gasteiger partial charge in [0.15, 0.2) is 0 Å². The van der Waals surface area contributed by atoms with Crippen molar-refractivity contribution in [2.45, 2.75) is 6.92 Å². The van der Waals surface area contributed by atoms with E-state index in [9.17, 15) is 0 Å². The lowest BCUT2D eigenvalue weighted by molar-refractivity contribution is 1.49. The van der Waals surface area contributed by atoms with Crippen LogP contribution in [0, 0.1) is 6.92 Å². The van der Waals surface area contributed by atoms with E-state index in [0.29, 0.717) is 0 Å². The summed E-state index contributed by atoms with van der Waals surface area (Å²) >= 11 is 0. The summed E-state index contributed by atoms with van der Waals surface area (Å²) in [6.45, 7) is 2.05. The standard InChI is InChI=1S/C11H13N/c1-10-6-3-2-4-8-11(12)9-5-7-10/h2-9H,12H2,1H3. The van der Waals surface area contributed by atoms with Crippen LogP contribution in [0.2, 0.25) is 0 Å². The summed E-state index contributed by atoms with van der Waals surface area (Å²) in [6.07, 6.45) is 0. The minimum absolute atomic E-state index is 0.769. The van der Waals surface area contributed by atoms with E-state index in [-0.39, 0.29) is 0 Å². The topological polar surface area (TPSA) is 26.0 Å². The molecule has 1 aromatic carbocycles. The molecule has 0 heterocycles. The molecule has 1 heteroatoms. The van der Waals surface area contributed by atoms with Gasteiger partial charge in [-0.3, -0.25) is 0 Å². The molecule has 0 aliphatic carbocycles. The number of hydrogen-bond donors (Lipinski definition) is 1. The Balaban J connectivity index is 3.19. The van der Waals surface area contributed by atoms with E-state index in [4.69, 9.17) is 5.73 Å². The van der Waals surface area contributed by atoms with Crippen LogP contribution in [0.4, 0.5) is 5.69 Å². The van der Waals surface area contributed by atoms with E-state index < -0.39 is 0 Å². The molecule has 1 nitrogen and oxygen atoms in total. The third kappa shape index (κ3) is 3.06. The molecule has 12 heavy (non-hydrogen) atoms. The number of nitrogens with two attached hydrogens (primary N) is 1. The zero-order valence-electron chi connectivity index (χ0n) is 7.20. The normalized spacial score (nSPS) is 8.75. The van der Waals surface area contributed by atoms with Gasteiger partial charge in [0, 0.05) is 5.69 Å². The van der Waals surface area contributed by atoms with Crippen LogP contribution in [-0.4, -0.2) is 0 Å². The Morgan fingerprint density at radius 1 is 0.833 bits per heavy atom. The van der Waals surface area contributed by atoms with Crippen molar-refractivity contribution in [3.63, 3.8) is 0 Å². The summed E-state index contributed by atoms with van der Waals surface area (Å²) < 4.78 is 0. The average Bonchev–Trinajstić information content (AvgIpc) is 2.04. The highest BCUT2D eigenvalue weighted by Crippen LogP contribution is 1.96. The van der Waals surface area contributed by atoms with Crippen molar-refractivity contribution in [1.29, 1.82) is 0 Å². The van der Waals surface area contributed by atoms with Crippen LogP contribution in [0.1, 0.15) is 5.56 Å². The van der Waals surface area contributed by atoms with Crippen molar-refractivity contribution < 1.29 is 0 Å². The van der Waals surface area contributed by atoms with Gasteiger partial charge in [-0.05, 0) is 19.1 Å². The average molecular weight is 159 g/mol. The van der Waals surface area contributed by atoms with Gasteiger partial charge < -0.3 is 5.73 Å². The Hall–Kier alpha value is -1.50. The third-order valence-electron chi connectivity index (χ3n) is 1.52. The van der Waals surface area contributed by atoms with Crippen molar-refractivity contribution in [3.8, 4) is 0 Å². The number of nitrogen functional groups attached to an aromatic ring is 1. The maximum Gasteiger partial charge on any atom is 0.0313 e. The van der Waals surface area contributed by atoms with E-state index in [1.807, 2.05) is 42.5 Å². The third-order valence-corrected chi connectivity index (χ3v) is 1.52. The molecule has 0 saturated heterocycles. The summed E-state index contributed by atoms with van der Waals surface area (Å²) in [5, 5.41) is 0. The van der Waals surface area contributed by atoms with Crippen molar-refractivity contribution in [2.24, 2.45) is 0 Å². The second-order valence-corrected chi connectivity index (χ2v) is 2.68. The largest absolute Gasteiger partial charge is 0.399 e. The first-order chi connectivity index (χ1) is 5.79. The lowest BCUT2D eigenvalue weighted by atomic mass is 10.3. The molecule has 0 saturated carbocycles. The fraction of sp³-hybridized carbons (Fsp3) is 0.0909. The lowest BCUT2D eigenvalue weighted by Crippen LogP contribution is -1.78. The Labute approximate surface area is 73.2 Å². The first-order valence-corrected chi connectivity index (χ1v) is 3.94. The number of aryl methyl sites for hydroxylation is 1. The highest BCUT2D eigenvalue weighted by molar-refractivity contribution is 5.34. The minimum atomic E-state index is 0.769. The van der Waals surface area contributed by atoms with Crippen molar-refractivity contribution in [2.75, 3.05) is 5.73 Å². The van der Waals surface area contributed by atoms with E-state index in [1.165, 1.54) is 5.56 Å². The molecule has 0 aliphatic rings. The fourth-order valence-corrected chi connectivity index (χ4v) is 0.860. The molecule has 0 amide bonds. The minimum Gasteiger partial charge on any atom is -0.399 e. The molecule has 0 atom stereocenters. The predicted octanol–water partition coefficient (Wildman–Crippen LogP) is 2.70. The first-order valence-electron chi connectivity index (χ1n) is 3.94. The first kappa shape index (κ1) is 8.60. The van der Waals surface area contributed by atoms with Crippen molar-refractivity contribution >= 4 is 5.69 Å². The van der Waals surface area contributed by atoms with Gasteiger partial charge in [-0.25, -0.2) is 0 Å². The van der Waals surface area contributed by atoms with Crippen molar-refractivity contribution in [1.82, 2.24) is 0 Å². The van der Waals surface area contributed by atoms with Gasteiger partial charge in [0.05, 0.1) is 0 Å². The van der Waals surface area contributed by atoms with Gasteiger partial charge in [0.1, 0.15) is 0 Å². The van der Waals surface area contributed by atoms with Gasteiger partial charge >= 0.3 is 0 Å². The Bertz CT molecular complexity index is 276. The molecule has 0 radical (unpaired) electrons. The smallest absolute Gasteiger partial charge is 0.0313 e. The van der Waals surface area contributed by atoms with Crippen LogP contribution in [0.3, 0.4) is 0 Å². The zero-order valence-corrected chi connectivity index (χ0v) is 7.20. The highest BCUT2D eigenvalue weighted by atomic mass is 14.5. The summed E-state index contributed by atoms with van der Waals surface area (Å²) in [6, 6.07) is 15.7. The van der Waals surface area contributed by atoms with Gasteiger partial charge in [-0.15, -0.1) is 0 Å². The molecule has 0 fully saturated rings. The van der Waals surface area contributed by atoms with Crippen molar-refractivity contribution in [3.05, 3.63) is 54.1 Å². The summed E-state index contributed by atoms with van der Waals surface area (Å²) in [4.78, 5) is 0. The molecule has 0 aliphatic heterocycles. The van der Waals surface area contributed by atoms with Gasteiger partial charge in [-0.1, -0.05) is 42.0 Å². The lowest BCUT2D eigenvalue weighted by Gasteiger charge is -1.84. The number of hydrogen-bond acceptors (Lipinski definition) is 1. The highest BCUT2D eigenvalue weighted by Gasteiger charge is 1.74. The molecule has 1 rings (SSSR count). The van der Waals surface area contributed by atoms with Gasteiger partial charge in [-0.2, -0.15) is 0 Å². The molecule has 0 unspecified atom stereocenters. The molecule has 62 valence electrons. The second-order valence-electron chi connectivity index (χ2n) is 2.68. The molecular weight excluding hydrogens is 146 g/mol. The molecule has 0 aromatic heterocycles. The van der Waals surface area contributed by atoms with Crippen LogP contribution >= 0.6 is 0 Å². The number of anilines is 1. The summed E-state index contributed by atoms with van der Waals surface area (Å²) in [5.41, 5.74) is 7.62. The molecule has 1 aromatic rings. The maximum absolute atomic E-state index is 5.64. The van der Waals surface area contributed by atoms with Gasteiger partial charge in [0.2, 0.25) is 0 Å². The van der Waals surface area contributed by atoms with Crippen LogP contribution in [0.5, 0.6) is 0 Å². The second kappa shape index (κ2) is 4.39. The van der Waals surface area contributed by atoms with Crippen LogP contribution in [0.25, 0.3) is 0 Å². The molecule has 0 spiro atoms. The molecular formula is C11H13N. The summed E-state index contributed by atoms with van der Waals surface area (Å²) in [5.74, 6) is 0. The van der Waals surface area contributed by atoms with Crippen LogP contribution in [0.15, 0.2) is 48.5 Å². The van der Waals surface area contributed by atoms with Crippen LogP contribution < -0.4 is 5.73 Å². The monoisotopic (exact) mass is 159 g/mol. The zero-order chi connectivity index (χ0) is 8.81. The van der Waals surface area contributed by atoms with E-state index in [1.54, 1.807) is 0 Å². The maximum atomic E-state index is 5.64. The van der Waals surface area contributed by atoms with Crippen LogP contribution in [-0.2, 0) is 0 Å². The Kier molecular flexibility index (Phi) is 3.15. The van der Waals surface area contributed by atoms with E-state index in [0.717, 1.165) is 5.69 Å². The predicted molar refractivity (Wildman–Crippen MR) is 53.2 cm³/mol. The fourth-order valence-electron chi connectivity index (χ4n) is 0.860. The van der Waals surface area contributed by atoms with Gasteiger partial charge in [0.25, 0.3) is 0 Å². The molecule has 2 N–H and O–H groups in total. The molecule has 0 bridgehead atoms. The Morgan fingerprint density at radius 2 is 1.42 bits per heavy atom. The quantitative estimate of drug-likeness (QED) is 0.618. The van der Waals surface area contributed by atoms with E-state index >= 15 is 0 Å². The number of rotatable bonds is 0. The van der Waals surface area contributed by atoms with E-state index in [2.05, 4.69) is 13.0 Å².